The molecule has 0 aliphatic rings. The van der Waals surface area contributed by atoms with Crippen LogP contribution in [0.25, 0.3) is 22.2 Å². The number of aldehydes is 1. The van der Waals surface area contributed by atoms with Gasteiger partial charge >= 0.3 is 0 Å². The molecule has 0 spiro atoms. The fourth-order valence-electron chi connectivity index (χ4n) is 2.54. The van der Waals surface area contributed by atoms with Crippen molar-refractivity contribution in [3.63, 3.8) is 0 Å². The van der Waals surface area contributed by atoms with Gasteiger partial charge in [-0.3, -0.25) is 14.6 Å². The lowest BCUT2D eigenvalue weighted by molar-refractivity contribution is 0.111. The normalized spacial score (nSPS) is 11.7. The first kappa shape index (κ1) is 14.4. The molecule has 1 N–H and O–H groups in total. The number of nitrogens with zero attached hydrogens (tertiary/aromatic N) is 4. The van der Waals surface area contributed by atoms with Gasteiger partial charge in [0.05, 0.1) is 17.3 Å². The van der Waals surface area contributed by atoms with Crippen LogP contribution in [0.2, 0.25) is 0 Å². The summed E-state index contributed by atoms with van der Waals surface area (Å²) < 4.78 is 1.90. The maximum Gasteiger partial charge on any atom is 0.168 e. The minimum Gasteiger partial charge on any atom is -0.296 e. The van der Waals surface area contributed by atoms with Gasteiger partial charge < -0.3 is 0 Å². The van der Waals surface area contributed by atoms with Gasteiger partial charge in [0.25, 0.3) is 0 Å². The summed E-state index contributed by atoms with van der Waals surface area (Å²) in [5, 5.41) is 12.7. The first-order valence-corrected chi connectivity index (χ1v) is 7.40. The van der Waals surface area contributed by atoms with Crippen LogP contribution in [0, 0.1) is 0 Å². The zero-order chi connectivity index (χ0) is 15.9. The number of hydrogen-bond acceptors (Lipinski definition) is 4. The van der Waals surface area contributed by atoms with Gasteiger partial charge in [0.1, 0.15) is 5.69 Å². The summed E-state index contributed by atoms with van der Waals surface area (Å²) in [4.78, 5) is 15.5. The smallest absolute Gasteiger partial charge is 0.168 e. The molecule has 0 saturated heterocycles. The monoisotopic (exact) mass is 297 g/mol. The number of aromatic nitrogens is 5. The van der Waals surface area contributed by atoms with Crippen LogP contribution in [0.4, 0.5) is 0 Å². The van der Waals surface area contributed by atoms with Crippen LogP contribution < -0.4 is 0 Å². The van der Waals surface area contributed by atoms with Crippen molar-refractivity contribution in [1.82, 2.24) is 25.0 Å². The first-order chi connectivity index (χ1) is 10.5. The van der Waals surface area contributed by atoms with E-state index in [0.29, 0.717) is 11.3 Å². The van der Waals surface area contributed by atoms with Crippen molar-refractivity contribution < 1.29 is 4.79 Å². The largest absolute Gasteiger partial charge is 0.296 e. The number of nitrogens with one attached hydrogen (secondary N) is 1. The van der Waals surface area contributed by atoms with E-state index in [1.165, 1.54) is 0 Å². The summed E-state index contributed by atoms with van der Waals surface area (Å²) in [6, 6.07) is 2.09. The maximum atomic E-state index is 11.2. The first-order valence-electron chi connectivity index (χ1n) is 7.40. The zero-order valence-electron chi connectivity index (χ0n) is 13.2. The second kappa shape index (κ2) is 5.36. The standard InChI is InChI=1S/C16H19N5O/c1-9(2)15-14-13(11-6-17-21(7-11)10(3)4)5-12(8-22)18-16(14)20-19-15/h5-10H,1-4H3,(H,18,19,20). The average molecular weight is 297 g/mol. The molecule has 6 heteroatoms. The van der Waals surface area contributed by atoms with Gasteiger partial charge in [-0.05, 0) is 31.4 Å². The molecule has 3 aromatic heterocycles. The van der Waals surface area contributed by atoms with Gasteiger partial charge in [0.2, 0.25) is 0 Å². The number of carbonyl (C=O) groups is 1. The number of rotatable bonds is 4. The van der Waals surface area contributed by atoms with Crippen molar-refractivity contribution in [2.45, 2.75) is 39.7 Å². The van der Waals surface area contributed by atoms with E-state index < -0.39 is 0 Å². The van der Waals surface area contributed by atoms with E-state index in [0.717, 1.165) is 28.5 Å². The summed E-state index contributed by atoms with van der Waals surface area (Å²) in [6.45, 7) is 8.33. The number of fused-ring (bicyclic) bond motifs is 1. The van der Waals surface area contributed by atoms with Crippen molar-refractivity contribution in [2.75, 3.05) is 0 Å². The molecule has 0 fully saturated rings. The predicted molar refractivity (Wildman–Crippen MR) is 85.0 cm³/mol. The molecule has 0 bridgehead atoms. The minimum atomic E-state index is 0.261. The number of pyridine rings is 1. The third-order valence-electron chi connectivity index (χ3n) is 3.69. The number of carbonyl (C=O) groups excluding carboxylic acids is 1. The van der Waals surface area contributed by atoms with E-state index in [9.17, 15) is 4.79 Å². The van der Waals surface area contributed by atoms with E-state index in [1.807, 2.05) is 17.1 Å². The van der Waals surface area contributed by atoms with Crippen LogP contribution in [-0.2, 0) is 0 Å². The quantitative estimate of drug-likeness (QED) is 0.749. The number of hydrogen-bond donors (Lipinski definition) is 1. The highest BCUT2D eigenvalue weighted by atomic mass is 16.1. The lowest BCUT2D eigenvalue weighted by atomic mass is 9.99. The Morgan fingerprint density at radius 2 is 2.05 bits per heavy atom. The Bertz CT molecular complexity index is 828. The molecule has 0 amide bonds. The molecule has 0 radical (unpaired) electrons. The lowest BCUT2D eigenvalue weighted by Crippen LogP contribution is -1.99. The van der Waals surface area contributed by atoms with E-state index in [-0.39, 0.29) is 12.0 Å². The molecule has 0 unspecified atom stereocenters. The molecular formula is C16H19N5O. The van der Waals surface area contributed by atoms with Crippen molar-refractivity contribution in [1.29, 1.82) is 0 Å². The molecule has 0 aromatic carbocycles. The molecule has 0 aliphatic carbocycles. The molecule has 22 heavy (non-hydrogen) atoms. The maximum absolute atomic E-state index is 11.2. The van der Waals surface area contributed by atoms with E-state index in [1.54, 1.807) is 6.07 Å². The molecule has 3 heterocycles. The number of aromatic amines is 1. The Morgan fingerprint density at radius 1 is 1.27 bits per heavy atom. The van der Waals surface area contributed by atoms with E-state index in [2.05, 4.69) is 48.0 Å². The fraction of sp³-hybridized carbons (Fsp3) is 0.375. The fourth-order valence-corrected chi connectivity index (χ4v) is 2.54. The Morgan fingerprint density at radius 3 is 2.64 bits per heavy atom. The van der Waals surface area contributed by atoms with Crippen molar-refractivity contribution in [3.8, 4) is 11.1 Å². The highest BCUT2D eigenvalue weighted by molar-refractivity contribution is 5.97. The molecule has 0 saturated carbocycles. The highest BCUT2D eigenvalue weighted by Gasteiger charge is 2.18. The third-order valence-corrected chi connectivity index (χ3v) is 3.69. The molecule has 3 rings (SSSR count). The minimum absolute atomic E-state index is 0.261. The van der Waals surface area contributed by atoms with Gasteiger partial charge in [0.15, 0.2) is 11.9 Å². The Hall–Kier alpha value is -2.50. The molecule has 6 nitrogen and oxygen atoms in total. The summed E-state index contributed by atoms with van der Waals surface area (Å²) in [5.74, 6) is 0.261. The van der Waals surface area contributed by atoms with Crippen LogP contribution in [0.5, 0.6) is 0 Å². The molecule has 0 aliphatic heterocycles. The average Bonchev–Trinajstić information content (AvgIpc) is 3.12. The Kier molecular flexibility index (Phi) is 3.52. The van der Waals surface area contributed by atoms with Crippen molar-refractivity contribution >= 4 is 17.3 Å². The van der Waals surface area contributed by atoms with Gasteiger partial charge in [-0.25, -0.2) is 4.98 Å². The summed E-state index contributed by atoms with van der Waals surface area (Å²) >= 11 is 0. The van der Waals surface area contributed by atoms with Crippen LogP contribution in [-0.4, -0.2) is 31.2 Å². The van der Waals surface area contributed by atoms with Gasteiger partial charge in [0, 0.05) is 17.8 Å². The predicted octanol–water partition coefficient (Wildman–Crippen LogP) is 3.34. The van der Waals surface area contributed by atoms with Gasteiger partial charge in [-0.15, -0.1) is 0 Å². The van der Waals surface area contributed by atoms with Crippen molar-refractivity contribution in [2.24, 2.45) is 0 Å². The number of H-pyrrole nitrogens is 1. The summed E-state index contributed by atoms with van der Waals surface area (Å²) in [6.07, 6.45) is 4.57. The SMILES string of the molecule is CC(C)c1n[nH]c2nc(C=O)cc(-c3cnn(C(C)C)c3)c12. The van der Waals surface area contributed by atoms with Gasteiger partial charge in [-0.1, -0.05) is 13.8 Å². The Labute approximate surface area is 128 Å². The van der Waals surface area contributed by atoms with Crippen molar-refractivity contribution in [3.05, 3.63) is 29.8 Å². The molecule has 0 atom stereocenters. The lowest BCUT2D eigenvalue weighted by Gasteiger charge is -2.06. The van der Waals surface area contributed by atoms with E-state index in [4.69, 9.17) is 0 Å². The molecule has 114 valence electrons. The topological polar surface area (TPSA) is 76.5 Å². The van der Waals surface area contributed by atoms with Crippen LogP contribution in [0.1, 0.15) is 55.8 Å². The third kappa shape index (κ3) is 2.30. The second-order valence-corrected chi connectivity index (χ2v) is 6.00. The zero-order valence-corrected chi connectivity index (χ0v) is 13.2. The summed E-state index contributed by atoms with van der Waals surface area (Å²) in [7, 11) is 0. The summed E-state index contributed by atoms with van der Waals surface area (Å²) in [5.41, 5.74) is 3.88. The molecular weight excluding hydrogens is 278 g/mol. The Balaban J connectivity index is 2.29. The van der Waals surface area contributed by atoms with Gasteiger partial charge in [-0.2, -0.15) is 10.2 Å². The van der Waals surface area contributed by atoms with Crippen LogP contribution >= 0.6 is 0 Å². The highest BCUT2D eigenvalue weighted by Crippen LogP contribution is 2.32. The van der Waals surface area contributed by atoms with Crippen LogP contribution in [0.3, 0.4) is 0 Å². The van der Waals surface area contributed by atoms with E-state index >= 15 is 0 Å². The van der Waals surface area contributed by atoms with Crippen LogP contribution in [0.15, 0.2) is 18.5 Å². The molecule has 3 aromatic rings. The second-order valence-electron chi connectivity index (χ2n) is 6.00.